The van der Waals surface area contributed by atoms with E-state index in [1.165, 1.54) is 12.1 Å². The first-order valence-corrected chi connectivity index (χ1v) is 6.45. The maximum absolute atomic E-state index is 13.4. The van der Waals surface area contributed by atoms with E-state index in [1.54, 1.807) is 12.1 Å². The summed E-state index contributed by atoms with van der Waals surface area (Å²) in [4.78, 5) is 8.91. The molecule has 4 aromatic rings. The molecule has 0 saturated heterocycles. The van der Waals surface area contributed by atoms with Crippen molar-refractivity contribution in [3.05, 3.63) is 60.5 Å². The summed E-state index contributed by atoms with van der Waals surface area (Å²) in [5, 5.41) is 9.25. The fraction of sp³-hybridized carbons (Fsp3) is 0. The highest BCUT2D eigenvalue weighted by atomic mass is 19.1. The molecule has 0 saturated carbocycles. The second-order valence-corrected chi connectivity index (χ2v) is 4.75. The van der Waals surface area contributed by atoms with Gasteiger partial charge in [-0.1, -0.05) is 12.1 Å². The maximum Gasteiger partial charge on any atom is 0.235 e. The average Bonchev–Trinajstić information content (AvgIpc) is 2.87. The van der Waals surface area contributed by atoms with Crippen molar-refractivity contribution in [2.24, 2.45) is 0 Å². The van der Waals surface area contributed by atoms with Crippen LogP contribution in [-0.4, -0.2) is 19.5 Å². The van der Waals surface area contributed by atoms with Gasteiger partial charge in [-0.25, -0.2) is 14.4 Å². The third-order valence-corrected chi connectivity index (χ3v) is 3.42. The quantitative estimate of drug-likeness (QED) is 0.581. The first kappa shape index (κ1) is 11.8. The Kier molecular flexibility index (Phi) is 2.41. The summed E-state index contributed by atoms with van der Waals surface area (Å²) < 4.78 is 15.3. The third-order valence-electron chi connectivity index (χ3n) is 3.42. The fourth-order valence-corrected chi connectivity index (χ4v) is 2.37. The molecular weight excluding hydrogens is 269 g/mol. The van der Waals surface area contributed by atoms with E-state index in [1.807, 2.05) is 34.9 Å². The van der Waals surface area contributed by atoms with E-state index in [4.69, 9.17) is 0 Å². The number of phenolic OH excluding ortho intramolecular Hbond substituents is 1. The number of fused-ring (bicyclic) bond motifs is 3. The Hall–Kier alpha value is -2.95. The number of benzene rings is 2. The van der Waals surface area contributed by atoms with Gasteiger partial charge in [0.25, 0.3) is 0 Å². The number of phenols is 1. The molecule has 102 valence electrons. The topological polar surface area (TPSA) is 50.4 Å². The Bertz CT molecular complexity index is 978. The Morgan fingerprint density at radius 1 is 1.00 bits per heavy atom. The van der Waals surface area contributed by atoms with Crippen molar-refractivity contribution in [2.45, 2.75) is 0 Å². The lowest BCUT2D eigenvalue weighted by Gasteiger charge is -2.03. The molecule has 0 fully saturated rings. The van der Waals surface area contributed by atoms with Gasteiger partial charge in [0.05, 0.1) is 16.7 Å². The largest absolute Gasteiger partial charge is 0.505 e. The van der Waals surface area contributed by atoms with Crippen LogP contribution in [0, 0.1) is 5.82 Å². The predicted octanol–water partition coefficient (Wildman–Crippen LogP) is 3.39. The molecule has 4 rings (SSSR count). The Morgan fingerprint density at radius 3 is 2.71 bits per heavy atom. The second kappa shape index (κ2) is 4.28. The van der Waals surface area contributed by atoms with Crippen LogP contribution in [-0.2, 0) is 0 Å². The average molecular weight is 279 g/mol. The molecule has 2 heterocycles. The van der Waals surface area contributed by atoms with E-state index in [2.05, 4.69) is 9.97 Å². The molecule has 0 unspecified atom stereocenters. The first-order valence-electron chi connectivity index (χ1n) is 6.45. The molecule has 0 atom stereocenters. The molecule has 0 spiro atoms. The molecule has 2 aromatic heterocycles. The van der Waals surface area contributed by atoms with Crippen LogP contribution in [0.4, 0.5) is 4.39 Å². The fourth-order valence-electron chi connectivity index (χ4n) is 2.37. The van der Waals surface area contributed by atoms with Crippen LogP contribution in [0.3, 0.4) is 0 Å². The number of aromatic hydroxyl groups is 1. The van der Waals surface area contributed by atoms with Gasteiger partial charge in [-0.05, 0) is 36.4 Å². The molecule has 0 bridgehead atoms. The minimum Gasteiger partial charge on any atom is -0.505 e. The number of para-hydroxylation sites is 2. The zero-order valence-electron chi connectivity index (χ0n) is 10.9. The SMILES string of the molecule is Oc1ccc(-c2ccn3c(n2)nc2ccccc23)cc1F. The van der Waals surface area contributed by atoms with Crippen molar-refractivity contribution in [3.63, 3.8) is 0 Å². The van der Waals surface area contributed by atoms with E-state index in [0.29, 0.717) is 17.0 Å². The summed E-state index contributed by atoms with van der Waals surface area (Å²) in [5.74, 6) is -0.476. The maximum atomic E-state index is 13.4. The minimum atomic E-state index is -0.664. The molecule has 0 aliphatic carbocycles. The van der Waals surface area contributed by atoms with Gasteiger partial charge in [-0.15, -0.1) is 0 Å². The van der Waals surface area contributed by atoms with Crippen LogP contribution in [0.2, 0.25) is 0 Å². The van der Waals surface area contributed by atoms with Crippen LogP contribution in [0.25, 0.3) is 28.1 Å². The smallest absolute Gasteiger partial charge is 0.235 e. The van der Waals surface area contributed by atoms with Gasteiger partial charge in [0.1, 0.15) is 0 Å². The van der Waals surface area contributed by atoms with Crippen molar-refractivity contribution < 1.29 is 9.50 Å². The zero-order valence-corrected chi connectivity index (χ0v) is 10.9. The minimum absolute atomic E-state index is 0.369. The van der Waals surface area contributed by atoms with Gasteiger partial charge in [0.2, 0.25) is 5.78 Å². The lowest BCUT2D eigenvalue weighted by Crippen LogP contribution is -1.91. The van der Waals surface area contributed by atoms with Crippen molar-refractivity contribution in [1.82, 2.24) is 14.4 Å². The molecule has 1 N–H and O–H groups in total. The molecule has 0 radical (unpaired) electrons. The number of halogens is 1. The van der Waals surface area contributed by atoms with E-state index < -0.39 is 5.82 Å². The van der Waals surface area contributed by atoms with E-state index in [0.717, 1.165) is 11.0 Å². The Morgan fingerprint density at radius 2 is 1.86 bits per heavy atom. The monoisotopic (exact) mass is 279 g/mol. The highest BCUT2D eigenvalue weighted by Crippen LogP contribution is 2.24. The standard InChI is InChI=1S/C16H10FN3O/c17-11-9-10(5-6-15(11)21)12-7-8-20-14-4-2-1-3-13(14)19-16(20)18-12/h1-9,21H. The van der Waals surface area contributed by atoms with Crippen LogP contribution in [0.1, 0.15) is 0 Å². The molecule has 21 heavy (non-hydrogen) atoms. The van der Waals surface area contributed by atoms with Crippen molar-refractivity contribution in [3.8, 4) is 17.0 Å². The molecule has 0 aliphatic heterocycles. The van der Waals surface area contributed by atoms with E-state index >= 15 is 0 Å². The van der Waals surface area contributed by atoms with Crippen LogP contribution >= 0.6 is 0 Å². The van der Waals surface area contributed by atoms with E-state index in [9.17, 15) is 9.50 Å². The van der Waals surface area contributed by atoms with Gasteiger partial charge in [0.15, 0.2) is 11.6 Å². The number of rotatable bonds is 1. The molecule has 0 aliphatic rings. The highest BCUT2D eigenvalue weighted by Gasteiger charge is 2.09. The van der Waals surface area contributed by atoms with Crippen LogP contribution in [0.5, 0.6) is 5.75 Å². The lowest BCUT2D eigenvalue weighted by molar-refractivity contribution is 0.432. The Balaban J connectivity index is 1.94. The number of aromatic nitrogens is 3. The number of imidazole rings is 1. The van der Waals surface area contributed by atoms with E-state index in [-0.39, 0.29) is 5.75 Å². The predicted molar refractivity (Wildman–Crippen MR) is 77.6 cm³/mol. The summed E-state index contributed by atoms with van der Waals surface area (Å²) in [7, 11) is 0. The van der Waals surface area contributed by atoms with Gasteiger partial charge >= 0.3 is 0 Å². The summed E-state index contributed by atoms with van der Waals surface area (Å²) in [6, 6.07) is 13.8. The van der Waals surface area contributed by atoms with Gasteiger partial charge < -0.3 is 5.11 Å². The third kappa shape index (κ3) is 1.82. The molecule has 0 amide bonds. The summed E-state index contributed by atoms with van der Waals surface area (Å²) in [6.45, 7) is 0. The van der Waals surface area contributed by atoms with Crippen molar-refractivity contribution in [1.29, 1.82) is 0 Å². The molecule has 4 nitrogen and oxygen atoms in total. The summed E-state index contributed by atoms with van der Waals surface area (Å²) >= 11 is 0. The normalized spacial score (nSPS) is 11.3. The van der Waals surface area contributed by atoms with Crippen LogP contribution < -0.4 is 0 Å². The number of nitrogens with zero attached hydrogens (tertiary/aromatic N) is 3. The van der Waals surface area contributed by atoms with Crippen molar-refractivity contribution in [2.75, 3.05) is 0 Å². The Labute approximate surface area is 119 Å². The van der Waals surface area contributed by atoms with Crippen LogP contribution in [0.15, 0.2) is 54.7 Å². The summed E-state index contributed by atoms with van der Waals surface area (Å²) in [5.41, 5.74) is 3.04. The van der Waals surface area contributed by atoms with Gasteiger partial charge in [-0.2, -0.15) is 0 Å². The first-order chi connectivity index (χ1) is 10.2. The van der Waals surface area contributed by atoms with Gasteiger partial charge in [0, 0.05) is 11.8 Å². The highest BCUT2D eigenvalue weighted by molar-refractivity contribution is 5.80. The number of hydrogen-bond donors (Lipinski definition) is 1. The lowest BCUT2D eigenvalue weighted by atomic mass is 10.1. The second-order valence-electron chi connectivity index (χ2n) is 4.75. The molecule has 2 aromatic carbocycles. The molecule has 5 heteroatoms. The number of hydrogen-bond acceptors (Lipinski definition) is 3. The van der Waals surface area contributed by atoms with Crippen molar-refractivity contribution >= 4 is 16.8 Å². The zero-order chi connectivity index (χ0) is 14.4. The summed E-state index contributed by atoms with van der Waals surface area (Å²) in [6.07, 6.45) is 1.86. The van der Waals surface area contributed by atoms with Gasteiger partial charge in [-0.3, -0.25) is 4.40 Å². The molecular formula is C16H10FN3O.